The Morgan fingerprint density at radius 3 is 1.46 bits per heavy atom. The van der Waals surface area contributed by atoms with Crippen LogP contribution in [0.4, 0.5) is 0 Å². The highest BCUT2D eigenvalue weighted by atomic mass is 15.2. The lowest BCUT2D eigenvalue weighted by atomic mass is 10.0. The fourth-order valence-corrected chi connectivity index (χ4v) is 9.60. The molecule has 1 atom stereocenters. The Balaban J connectivity index is 1.09. The van der Waals surface area contributed by atoms with E-state index in [1.807, 2.05) is 36.4 Å². The van der Waals surface area contributed by atoms with Crippen molar-refractivity contribution in [3.8, 4) is 5.69 Å². The van der Waals surface area contributed by atoms with Crippen molar-refractivity contribution < 1.29 is 0 Å². The molecule has 6 heteroatoms. The number of nitrogens with one attached hydrogen (secondary N) is 1. The molecule has 266 valence electrons. The van der Waals surface area contributed by atoms with Gasteiger partial charge in [-0.1, -0.05) is 133 Å². The van der Waals surface area contributed by atoms with E-state index >= 15 is 0 Å². The number of rotatable bonds is 4. The van der Waals surface area contributed by atoms with Crippen LogP contribution in [0.25, 0.3) is 82.1 Å². The second-order valence-corrected chi connectivity index (χ2v) is 15.0. The van der Waals surface area contributed by atoms with Crippen molar-refractivity contribution in [3.63, 3.8) is 0 Å². The summed E-state index contributed by atoms with van der Waals surface area (Å²) in [5, 5.41) is 11.2. The molecule has 1 N–H and O–H groups in total. The molecule has 0 fully saturated rings. The maximum Gasteiger partial charge on any atom is 0.159 e. The van der Waals surface area contributed by atoms with Crippen molar-refractivity contribution in [2.75, 3.05) is 0 Å². The summed E-state index contributed by atoms with van der Waals surface area (Å²) in [6.45, 7) is 0. The fraction of sp³-hybridized carbons (Fsp3) is 0.0196. The van der Waals surface area contributed by atoms with Gasteiger partial charge in [-0.3, -0.25) is 0 Å². The third kappa shape index (κ3) is 4.18. The number of aromatic nitrogens is 3. The molecule has 1 unspecified atom stereocenters. The number of hydrogen-bond acceptors (Lipinski definition) is 3. The summed E-state index contributed by atoms with van der Waals surface area (Å²) >= 11 is 0. The Morgan fingerprint density at radius 2 is 0.895 bits per heavy atom. The minimum Gasteiger partial charge on any atom is -0.344 e. The highest BCUT2D eigenvalue weighted by Gasteiger charge is 2.26. The van der Waals surface area contributed by atoms with Gasteiger partial charge >= 0.3 is 0 Å². The Bertz CT molecular complexity index is 3480. The number of aliphatic imine (C=N–C) groups is 2. The highest BCUT2D eigenvalue weighted by molar-refractivity contribution is 6.33. The highest BCUT2D eigenvalue weighted by Crippen LogP contribution is 2.46. The molecule has 5 heterocycles. The molecule has 57 heavy (non-hydrogen) atoms. The van der Waals surface area contributed by atoms with Gasteiger partial charge in [-0.15, -0.1) is 0 Å². The first-order valence-electron chi connectivity index (χ1n) is 19.5. The van der Waals surface area contributed by atoms with Gasteiger partial charge in [0, 0.05) is 49.1 Å². The van der Waals surface area contributed by atoms with Crippen molar-refractivity contribution in [2.24, 2.45) is 9.98 Å². The summed E-state index contributed by atoms with van der Waals surface area (Å²) in [5.74, 6) is 1.53. The summed E-state index contributed by atoms with van der Waals surface area (Å²) < 4.78 is 7.47. The molecule has 0 amide bonds. The number of fused-ring (bicyclic) bond motifs is 9. The van der Waals surface area contributed by atoms with Crippen LogP contribution in [0.5, 0.6) is 0 Å². The lowest BCUT2D eigenvalue weighted by molar-refractivity contribution is 0.674. The maximum atomic E-state index is 5.15. The Hall–Kier alpha value is -7.70. The van der Waals surface area contributed by atoms with Crippen molar-refractivity contribution in [1.82, 2.24) is 18.7 Å². The van der Waals surface area contributed by atoms with E-state index in [2.05, 4.69) is 164 Å². The zero-order valence-corrected chi connectivity index (χ0v) is 30.6. The van der Waals surface area contributed by atoms with E-state index in [1.54, 1.807) is 0 Å². The zero-order valence-electron chi connectivity index (χ0n) is 30.6. The van der Waals surface area contributed by atoms with Crippen LogP contribution in [0.1, 0.15) is 22.9 Å². The summed E-state index contributed by atoms with van der Waals surface area (Å²) in [6.07, 6.45) is -0.307. The fourth-order valence-electron chi connectivity index (χ4n) is 9.60. The molecule has 0 radical (unpaired) electrons. The lowest BCUT2D eigenvalue weighted by Crippen LogP contribution is -2.33. The van der Waals surface area contributed by atoms with Crippen molar-refractivity contribution in [1.29, 1.82) is 0 Å². The molecule has 1 aliphatic rings. The Labute approximate surface area is 326 Å². The van der Waals surface area contributed by atoms with Crippen LogP contribution in [-0.2, 0) is 0 Å². The molecule has 0 bridgehead atoms. The second-order valence-electron chi connectivity index (χ2n) is 15.0. The van der Waals surface area contributed by atoms with E-state index in [9.17, 15) is 0 Å². The summed E-state index contributed by atoms with van der Waals surface area (Å²) in [4.78, 5) is 10.1. The number of amidine groups is 2. The topological polar surface area (TPSA) is 50.5 Å². The molecule has 0 aliphatic carbocycles. The van der Waals surface area contributed by atoms with Crippen LogP contribution in [0.2, 0.25) is 0 Å². The van der Waals surface area contributed by atoms with Crippen molar-refractivity contribution in [3.05, 3.63) is 199 Å². The predicted octanol–water partition coefficient (Wildman–Crippen LogP) is 11.8. The van der Waals surface area contributed by atoms with E-state index in [-0.39, 0.29) is 6.17 Å². The van der Waals surface area contributed by atoms with Crippen LogP contribution in [0, 0.1) is 0 Å². The van der Waals surface area contributed by atoms with Gasteiger partial charge in [-0.05, 0) is 54.1 Å². The largest absolute Gasteiger partial charge is 0.344 e. The first kappa shape index (κ1) is 30.6. The number of hydrogen-bond donors (Lipinski definition) is 1. The molecule has 0 spiro atoms. The van der Waals surface area contributed by atoms with Crippen LogP contribution >= 0.6 is 0 Å². The van der Waals surface area contributed by atoms with Gasteiger partial charge in [-0.25, -0.2) is 9.98 Å². The average Bonchev–Trinajstić information content (AvgIpc) is 3.92. The average molecular weight is 729 g/mol. The first-order chi connectivity index (χ1) is 28.3. The number of para-hydroxylation sites is 4. The molecular weight excluding hydrogens is 697 g/mol. The molecule has 1 aliphatic heterocycles. The van der Waals surface area contributed by atoms with E-state index in [0.717, 1.165) is 34.0 Å². The zero-order chi connectivity index (χ0) is 37.2. The monoisotopic (exact) mass is 728 g/mol. The molecule has 6 nitrogen and oxygen atoms in total. The molecule has 12 aromatic rings. The summed E-state index contributed by atoms with van der Waals surface area (Å²) in [5.41, 5.74) is 13.8. The predicted molar refractivity (Wildman–Crippen MR) is 236 cm³/mol. The number of nitrogens with zero attached hydrogens (tertiary/aromatic N) is 5. The first-order valence-corrected chi connectivity index (χ1v) is 19.5. The third-order valence-corrected chi connectivity index (χ3v) is 12.0. The van der Waals surface area contributed by atoms with Crippen LogP contribution in [0.15, 0.2) is 192 Å². The third-order valence-electron chi connectivity index (χ3n) is 12.0. The Kier molecular flexibility index (Phi) is 6.13. The maximum absolute atomic E-state index is 5.15. The van der Waals surface area contributed by atoms with Crippen LogP contribution in [-0.4, -0.2) is 25.0 Å². The molecule has 0 saturated heterocycles. The van der Waals surface area contributed by atoms with Crippen LogP contribution in [0.3, 0.4) is 0 Å². The SMILES string of the molecule is c1ccc(C2=NC(c3ccc(-n4c5ccc6c7ccccc7n7c8ccccc8n8c9ccccc9c9ccc4c(c5c67)c98)cc3)NC(c3ccccc3)=N2)cc1. The van der Waals surface area contributed by atoms with Gasteiger partial charge < -0.3 is 18.7 Å². The normalized spacial score (nSPS) is 14.8. The minimum absolute atomic E-state index is 0.307. The van der Waals surface area contributed by atoms with Crippen molar-refractivity contribution >= 4 is 88.1 Å². The van der Waals surface area contributed by atoms with Gasteiger partial charge in [0.25, 0.3) is 0 Å². The Morgan fingerprint density at radius 1 is 0.404 bits per heavy atom. The molecular formula is C51H32N6. The van der Waals surface area contributed by atoms with E-state index < -0.39 is 0 Å². The lowest BCUT2D eigenvalue weighted by Gasteiger charge is -2.24. The number of benzene rings is 8. The van der Waals surface area contributed by atoms with Gasteiger partial charge in [0.1, 0.15) is 12.0 Å². The van der Waals surface area contributed by atoms with Crippen molar-refractivity contribution in [2.45, 2.75) is 6.17 Å². The molecule has 13 rings (SSSR count). The van der Waals surface area contributed by atoms with E-state index in [1.165, 1.54) is 76.5 Å². The smallest absolute Gasteiger partial charge is 0.159 e. The molecule has 0 saturated carbocycles. The minimum atomic E-state index is -0.307. The quantitative estimate of drug-likeness (QED) is 0.193. The second kappa shape index (κ2) is 11.4. The van der Waals surface area contributed by atoms with Gasteiger partial charge in [-0.2, -0.15) is 0 Å². The molecule has 8 aromatic carbocycles. The van der Waals surface area contributed by atoms with Gasteiger partial charge in [0.05, 0.1) is 44.1 Å². The van der Waals surface area contributed by atoms with Gasteiger partial charge in [0.2, 0.25) is 0 Å². The van der Waals surface area contributed by atoms with Crippen LogP contribution < -0.4 is 5.32 Å². The summed E-state index contributed by atoms with van der Waals surface area (Å²) in [7, 11) is 0. The van der Waals surface area contributed by atoms with E-state index in [0.29, 0.717) is 0 Å². The standard InChI is InChI=1S/C51H32N6/c1-3-13-31(14-4-1)49-52-50(32-15-5-2-6-16-32)54-51(53-49)33-23-25-34(26-24-33)55-43-29-27-37-35-17-7-9-19-39(35)56-41-21-11-12-22-42(41)57-40-20-10-8-18-36(40)38-28-30-44(55)46(48(38)57)45(43)47(37)56/h1-30,51H,(H,52,53,54). The van der Waals surface area contributed by atoms with Gasteiger partial charge in [0.15, 0.2) is 5.84 Å². The summed E-state index contributed by atoms with van der Waals surface area (Å²) in [6, 6.07) is 65.3. The molecule has 4 aromatic heterocycles. The van der Waals surface area contributed by atoms with E-state index in [4.69, 9.17) is 9.98 Å².